The van der Waals surface area contributed by atoms with Crippen LogP contribution in [-0.2, 0) is 0 Å². The van der Waals surface area contributed by atoms with E-state index in [1.165, 1.54) is 0 Å². The molecule has 1 atom stereocenters. The van der Waals surface area contributed by atoms with Crippen LogP contribution in [0.5, 0.6) is 5.75 Å². The summed E-state index contributed by atoms with van der Waals surface area (Å²) in [6.45, 7) is 2.98. The van der Waals surface area contributed by atoms with Gasteiger partial charge in [-0.25, -0.2) is 9.78 Å². The zero-order valence-electron chi connectivity index (χ0n) is 12.6. The van der Waals surface area contributed by atoms with Crippen LogP contribution in [0.4, 0.5) is 10.5 Å². The van der Waals surface area contributed by atoms with E-state index in [1.54, 1.807) is 23.3 Å². The van der Waals surface area contributed by atoms with Crippen molar-refractivity contribution in [2.24, 2.45) is 0 Å². The smallest absolute Gasteiger partial charge is 0.322 e. The first-order chi connectivity index (χ1) is 10.6. The molecule has 2 amide bonds. The number of aromatic nitrogens is 1. The van der Waals surface area contributed by atoms with Crippen molar-refractivity contribution in [1.29, 1.82) is 0 Å². The van der Waals surface area contributed by atoms with Crippen molar-refractivity contribution >= 4 is 33.3 Å². The SMILES string of the molecule is COc1cc2nc(C)sc2cc1NC(=O)N1CCC[C@H](O)C1. The molecule has 2 N–H and O–H groups in total. The molecular formula is C15H19N3O3S. The van der Waals surface area contributed by atoms with E-state index in [1.807, 2.05) is 19.1 Å². The second-order valence-corrected chi connectivity index (χ2v) is 6.66. The molecule has 1 saturated heterocycles. The van der Waals surface area contributed by atoms with Crippen molar-refractivity contribution in [2.45, 2.75) is 25.9 Å². The van der Waals surface area contributed by atoms with E-state index in [9.17, 15) is 9.90 Å². The van der Waals surface area contributed by atoms with Crippen molar-refractivity contribution in [3.63, 3.8) is 0 Å². The van der Waals surface area contributed by atoms with Gasteiger partial charge in [-0.15, -0.1) is 11.3 Å². The number of hydrogen-bond donors (Lipinski definition) is 2. The minimum absolute atomic E-state index is 0.211. The van der Waals surface area contributed by atoms with Gasteiger partial charge in [0.15, 0.2) is 0 Å². The van der Waals surface area contributed by atoms with Crippen molar-refractivity contribution in [2.75, 3.05) is 25.5 Å². The van der Waals surface area contributed by atoms with Crippen molar-refractivity contribution in [3.05, 3.63) is 17.1 Å². The summed E-state index contributed by atoms with van der Waals surface area (Å²) in [5, 5.41) is 13.5. The lowest BCUT2D eigenvalue weighted by Gasteiger charge is -2.30. The quantitative estimate of drug-likeness (QED) is 0.891. The van der Waals surface area contributed by atoms with Gasteiger partial charge in [-0.1, -0.05) is 0 Å². The number of ether oxygens (including phenoxy) is 1. The Hall–Kier alpha value is -1.86. The fraction of sp³-hybridized carbons (Fsp3) is 0.467. The Morgan fingerprint density at radius 3 is 3.09 bits per heavy atom. The minimum Gasteiger partial charge on any atom is -0.494 e. The fourth-order valence-corrected chi connectivity index (χ4v) is 3.52. The zero-order chi connectivity index (χ0) is 15.7. The number of urea groups is 1. The standard InChI is InChI=1S/C15H19N3O3S/c1-9-16-12-6-13(21-2)11(7-14(12)22-9)17-15(20)18-5-3-4-10(19)8-18/h6-7,10,19H,3-5,8H2,1-2H3,(H,17,20)/t10-/m0/s1. The van der Waals surface area contributed by atoms with E-state index in [2.05, 4.69) is 10.3 Å². The van der Waals surface area contributed by atoms with Gasteiger partial charge in [0.1, 0.15) is 5.75 Å². The highest BCUT2D eigenvalue weighted by Crippen LogP contribution is 2.33. The number of anilines is 1. The van der Waals surface area contributed by atoms with E-state index in [4.69, 9.17) is 4.74 Å². The summed E-state index contributed by atoms with van der Waals surface area (Å²) in [5.74, 6) is 0.587. The number of fused-ring (bicyclic) bond motifs is 1. The van der Waals surface area contributed by atoms with E-state index >= 15 is 0 Å². The highest BCUT2D eigenvalue weighted by Gasteiger charge is 2.23. The van der Waals surface area contributed by atoms with Crippen LogP contribution in [-0.4, -0.2) is 47.3 Å². The number of thiazole rings is 1. The number of methoxy groups -OCH3 is 1. The van der Waals surface area contributed by atoms with Crippen LogP contribution < -0.4 is 10.1 Å². The molecule has 0 aliphatic carbocycles. The van der Waals surface area contributed by atoms with Gasteiger partial charge in [0.2, 0.25) is 0 Å². The van der Waals surface area contributed by atoms with E-state index < -0.39 is 6.10 Å². The molecule has 2 aromatic rings. The van der Waals surface area contributed by atoms with Crippen molar-refractivity contribution in [1.82, 2.24) is 9.88 Å². The predicted octanol–water partition coefficient (Wildman–Crippen LogP) is 2.60. The average Bonchev–Trinajstić information content (AvgIpc) is 2.85. The lowest BCUT2D eigenvalue weighted by atomic mass is 10.1. The predicted molar refractivity (Wildman–Crippen MR) is 86.7 cm³/mol. The van der Waals surface area contributed by atoms with Crippen LogP contribution in [0.25, 0.3) is 10.2 Å². The molecule has 7 heteroatoms. The summed E-state index contributed by atoms with van der Waals surface area (Å²) in [7, 11) is 1.57. The van der Waals surface area contributed by atoms with Gasteiger partial charge in [-0.05, 0) is 25.8 Å². The Morgan fingerprint density at radius 1 is 1.55 bits per heavy atom. The number of piperidine rings is 1. The summed E-state index contributed by atoms with van der Waals surface area (Å²) >= 11 is 1.58. The Bertz CT molecular complexity index is 701. The van der Waals surface area contributed by atoms with Gasteiger partial charge in [0.25, 0.3) is 0 Å². The van der Waals surface area contributed by atoms with Crippen LogP contribution in [0.1, 0.15) is 17.8 Å². The highest BCUT2D eigenvalue weighted by molar-refractivity contribution is 7.18. The minimum atomic E-state index is -0.437. The lowest BCUT2D eigenvalue weighted by molar-refractivity contribution is 0.0883. The summed E-state index contributed by atoms with van der Waals surface area (Å²) in [4.78, 5) is 18.4. The van der Waals surface area contributed by atoms with Crippen LogP contribution in [0.15, 0.2) is 12.1 Å². The Kier molecular flexibility index (Phi) is 4.17. The van der Waals surface area contributed by atoms with Gasteiger partial charge >= 0.3 is 6.03 Å². The normalized spacial score (nSPS) is 18.5. The van der Waals surface area contributed by atoms with Gasteiger partial charge in [0, 0.05) is 19.2 Å². The molecule has 2 heterocycles. The van der Waals surface area contributed by atoms with E-state index in [0.717, 1.165) is 28.1 Å². The maximum absolute atomic E-state index is 12.4. The number of nitrogens with one attached hydrogen (secondary N) is 1. The van der Waals surface area contributed by atoms with Crippen LogP contribution in [0.3, 0.4) is 0 Å². The van der Waals surface area contributed by atoms with Crippen LogP contribution in [0.2, 0.25) is 0 Å². The number of likely N-dealkylation sites (tertiary alicyclic amines) is 1. The number of carbonyl (C=O) groups excluding carboxylic acids is 1. The van der Waals surface area contributed by atoms with E-state index in [0.29, 0.717) is 24.5 Å². The summed E-state index contributed by atoms with van der Waals surface area (Å²) < 4.78 is 6.36. The number of β-amino-alcohol motifs (C(OH)–C–C–N with tert-alkyl or cyclic N) is 1. The Balaban J connectivity index is 1.84. The molecule has 0 saturated carbocycles. The molecule has 0 bridgehead atoms. The summed E-state index contributed by atoms with van der Waals surface area (Å²) in [5.41, 5.74) is 1.49. The van der Waals surface area contributed by atoms with Gasteiger partial charge < -0.3 is 20.1 Å². The van der Waals surface area contributed by atoms with Crippen molar-refractivity contribution in [3.8, 4) is 5.75 Å². The molecule has 0 spiro atoms. The molecule has 1 aliphatic heterocycles. The van der Waals surface area contributed by atoms with Gasteiger partial charge in [0.05, 0.1) is 34.1 Å². The number of aryl methyl sites for hydroxylation is 1. The number of amides is 2. The summed E-state index contributed by atoms with van der Waals surface area (Å²) in [6, 6.07) is 3.51. The molecule has 1 aliphatic rings. The first-order valence-corrected chi connectivity index (χ1v) is 8.07. The molecule has 1 aromatic heterocycles. The largest absolute Gasteiger partial charge is 0.494 e. The number of aliphatic hydroxyl groups is 1. The first-order valence-electron chi connectivity index (χ1n) is 7.26. The van der Waals surface area contributed by atoms with Crippen LogP contribution in [0, 0.1) is 6.92 Å². The number of hydrogen-bond acceptors (Lipinski definition) is 5. The molecule has 3 rings (SSSR count). The number of carbonyl (C=O) groups is 1. The first kappa shape index (κ1) is 15.1. The van der Waals surface area contributed by atoms with Crippen LogP contribution >= 0.6 is 11.3 Å². The second kappa shape index (κ2) is 6.10. The second-order valence-electron chi connectivity index (χ2n) is 5.43. The average molecular weight is 321 g/mol. The van der Waals surface area contributed by atoms with Gasteiger partial charge in [-0.2, -0.15) is 0 Å². The Labute approximate surface area is 132 Å². The third-order valence-electron chi connectivity index (χ3n) is 3.74. The number of nitrogens with zero attached hydrogens (tertiary/aromatic N) is 2. The number of benzene rings is 1. The molecule has 0 unspecified atom stereocenters. The zero-order valence-corrected chi connectivity index (χ0v) is 13.4. The molecule has 118 valence electrons. The number of rotatable bonds is 2. The highest BCUT2D eigenvalue weighted by atomic mass is 32.1. The topological polar surface area (TPSA) is 74.7 Å². The number of aliphatic hydroxyl groups excluding tert-OH is 1. The summed E-state index contributed by atoms with van der Waals surface area (Å²) in [6.07, 6.45) is 1.13. The molecule has 1 fully saturated rings. The van der Waals surface area contributed by atoms with Crippen molar-refractivity contribution < 1.29 is 14.6 Å². The van der Waals surface area contributed by atoms with E-state index in [-0.39, 0.29) is 6.03 Å². The molecule has 6 nitrogen and oxygen atoms in total. The maximum atomic E-state index is 12.4. The monoisotopic (exact) mass is 321 g/mol. The third kappa shape index (κ3) is 3.00. The maximum Gasteiger partial charge on any atom is 0.322 e. The Morgan fingerprint density at radius 2 is 2.36 bits per heavy atom. The third-order valence-corrected chi connectivity index (χ3v) is 4.68. The molecule has 1 aromatic carbocycles. The fourth-order valence-electron chi connectivity index (χ4n) is 2.67. The van der Waals surface area contributed by atoms with Gasteiger partial charge in [-0.3, -0.25) is 0 Å². The molecule has 0 radical (unpaired) electrons. The lowest BCUT2D eigenvalue weighted by Crippen LogP contribution is -2.44. The molecular weight excluding hydrogens is 302 g/mol. The molecule has 22 heavy (non-hydrogen) atoms.